The van der Waals surface area contributed by atoms with Crippen molar-refractivity contribution in [2.75, 3.05) is 14.2 Å². The predicted molar refractivity (Wildman–Crippen MR) is 103 cm³/mol. The molecule has 0 aliphatic carbocycles. The highest BCUT2D eigenvalue weighted by atomic mass is 32.2. The SMILES string of the molecule is CO[C@H]1[C@@H](OCc2ccccc2)[C@@H](C)O[C@@H](Sc2ccccc2)[C@H]1OC. The second kappa shape index (κ2) is 9.53. The fourth-order valence-electron chi connectivity index (χ4n) is 3.21. The Morgan fingerprint density at radius 2 is 1.46 bits per heavy atom. The summed E-state index contributed by atoms with van der Waals surface area (Å²) in [6.45, 7) is 2.55. The van der Waals surface area contributed by atoms with Gasteiger partial charge in [-0.3, -0.25) is 0 Å². The Hall–Kier alpha value is -1.37. The van der Waals surface area contributed by atoms with Gasteiger partial charge in [0.15, 0.2) is 0 Å². The highest BCUT2D eigenvalue weighted by Gasteiger charge is 2.46. The molecule has 0 aromatic heterocycles. The number of rotatable bonds is 7. The monoisotopic (exact) mass is 374 g/mol. The molecule has 5 heteroatoms. The van der Waals surface area contributed by atoms with Crippen LogP contribution in [-0.4, -0.2) is 44.1 Å². The normalized spacial score (nSPS) is 28.8. The molecule has 0 spiro atoms. The predicted octanol–water partition coefficient (Wildman–Crippen LogP) is 4.14. The Balaban J connectivity index is 1.70. The molecule has 1 aliphatic heterocycles. The molecular weight excluding hydrogens is 348 g/mol. The fraction of sp³-hybridized carbons (Fsp3) is 0.429. The van der Waals surface area contributed by atoms with Gasteiger partial charge in [-0.15, -0.1) is 0 Å². The van der Waals surface area contributed by atoms with Crippen LogP contribution < -0.4 is 0 Å². The van der Waals surface area contributed by atoms with E-state index in [9.17, 15) is 0 Å². The number of hydrogen-bond acceptors (Lipinski definition) is 5. The lowest BCUT2D eigenvalue weighted by molar-refractivity contribution is -0.226. The second-order valence-electron chi connectivity index (χ2n) is 6.30. The van der Waals surface area contributed by atoms with Crippen molar-refractivity contribution in [1.82, 2.24) is 0 Å². The van der Waals surface area contributed by atoms with Gasteiger partial charge in [-0.1, -0.05) is 60.3 Å². The lowest BCUT2D eigenvalue weighted by Crippen LogP contribution is -2.57. The van der Waals surface area contributed by atoms with Gasteiger partial charge in [-0.2, -0.15) is 0 Å². The molecule has 0 saturated carbocycles. The third kappa shape index (κ3) is 4.67. The van der Waals surface area contributed by atoms with Crippen LogP contribution in [0, 0.1) is 0 Å². The molecular formula is C21H26O4S. The maximum absolute atomic E-state index is 6.26. The van der Waals surface area contributed by atoms with Crippen LogP contribution in [0.1, 0.15) is 12.5 Å². The van der Waals surface area contributed by atoms with Gasteiger partial charge >= 0.3 is 0 Å². The van der Waals surface area contributed by atoms with Gasteiger partial charge in [0.25, 0.3) is 0 Å². The molecule has 1 heterocycles. The van der Waals surface area contributed by atoms with Crippen LogP contribution in [0.25, 0.3) is 0 Å². The molecule has 0 unspecified atom stereocenters. The first-order chi connectivity index (χ1) is 12.7. The van der Waals surface area contributed by atoms with E-state index in [-0.39, 0.29) is 29.9 Å². The summed E-state index contributed by atoms with van der Waals surface area (Å²) in [4.78, 5) is 1.14. The van der Waals surface area contributed by atoms with E-state index in [0.29, 0.717) is 6.61 Å². The molecule has 2 aromatic carbocycles. The molecule has 140 valence electrons. The summed E-state index contributed by atoms with van der Waals surface area (Å²) in [6.07, 6.45) is -0.718. The fourth-order valence-corrected chi connectivity index (χ4v) is 4.43. The van der Waals surface area contributed by atoms with Gasteiger partial charge in [-0.25, -0.2) is 0 Å². The van der Waals surface area contributed by atoms with Crippen molar-refractivity contribution in [2.45, 2.75) is 48.3 Å². The Kier molecular flexibility index (Phi) is 7.11. The van der Waals surface area contributed by atoms with Gasteiger partial charge in [0, 0.05) is 19.1 Å². The maximum atomic E-state index is 6.26. The van der Waals surface area contributed by atoms with Crippen LogP contribution in [0.5, 0.6) is 0 Å². The van der Waals surface area contributed by atoms with Crippen molar-refractivity contribution >= 4 is 11.8 Å². The summed E-state index contributed by atoms with van der Waals surface area (Å²) < 4.78 is 24.0. The van der Waals surface area contributed by atoms with E-state index in [1.807, 2.05) is 43.3 Å². The smallest absolute Gasteiger partial charge is 0.136 e. The number of ether oxygens (including phenoxy) is 4. The molecule has 0 amide bonds. The Morgan fingerprint density at radius 1 is 0.846 bits per heavy atom. The van der Waals surface area contributed by atoms with Crippen molar-refractivity contribution < 1.29 is 18.9 Å². The highest BCUT2D eigenvalue weighted by Crippen LogP contribution is 2.36. The number of methoxy groups -OCH3 is 2. The summed E-state index contributed by atoms with van der Waals surface area (Å²) in [6, 6.07) is 20.3. The van der Waals surface area contributed by atoms with Crippen molar-refractivity contribution in [1.29, 1.82) is 0 Å². The van der Waals surface area contributed by atoms with E-state index in [1.165, 1.54) is 0 Å². The third-order valence-electron chi connectivity index (χ3n) is 4.55. The minimum absolute atomic E-state index is 0.101. The summed E-state index contributed by atoms with van der Waals surface area (Å²) >= 11 is 1.65. The van der Waals surface area contributed by atoms with Crippen LogP contribution in [-0.2, 0) is 25.6 Å². The maximum Gasteiger partial charge on any atom is 0.136 e. The number of benzene rings is 2. The molecule has 0 radical (unpaired) electrons. The van der Waals surface area contributed by atoms with Crippen LogP contribution in [0.3, 0.4) is 0 Å². The number of thioether (sulfide) groups is 1. The summed E-state index contributed by atoms with van der Waals surface area (Å²) in [5, 5.41) is 0. The zero-order valence-corrected chi connectivity index (χ0v) is 16.2. The summed E-state index contributed by atoms with van der Waals surface area (Å²) in [5.41, 5.74) is 0.975. The summed E-state index contributed by atoms with van der Waals surface area (Å²) in [7, 11) is 3.40. The van der Waals surface area contributed by atoms with E-state index in [0.717, 1.165) is 10.5 Å². The van der Waals surface area contributed by atoms with Crippen LogP contribution >= 0.6 is 11.8 Å². The number of hydrogen-bond donors (Lipinski definition) is 0. The average Bonchev–Trinajstić information content (AvgIpc) is 2.68. The first-order valence-electron chi connectivity index (χ1n) is 8.81. The van der Waals surface area contributed by atoms with Crippen molar-refractivity contribution in [3.63, 3.8) is 0 Å². The van der Waals surface area contributed by atoms with Crippen LogP contribution in [0.4, 0.5) is 0 Å². The van der Waals surface area contributed by atoms with Gasteiger partial charge in [0.05, 0.1) is 12.7 Å². The van der Waals surface area contributed by atoms with Crippen molar-refractivity contribution in [2.24, 2.45) is 0 Å². The van der Waals surface area contributed by atoms with Crippen molar-refractivity contribution in [3.05, 3.63) is 66.2 Å². The summed E-state index contributed by atoms with van der Waals surface area (Å²) in [5.74, 6) is 0. The average molecular weight is 375 g/mol. The molecule has 4 nitrogen and oxygen atoms in total. The lowest BCUT2D eigenvalue weighted by Gasteiger charge is -2.44. The quantitative estimate of drug-likeness (QED) is 0.728. The molecule has 5 atom stereocenters. The molecule has 2 aromatic rings. The molecule has 0 N–H and O–H groups in total. The van der Waals surface area contributed by atoms with E-state index in [2.05, 4.69) is 24.3 Å². The van der Waals surface area contributed by atoms with E-state index in [1.54, 1.807) is 26.0 Å². The zero-order valence-electron chi connectivity index (χ0n) is 15.4. The van der Waals surface area contributed by atoms with Crippen LogP contribution in [0.15, 0.2) is 65.6 Å². The van der Waals surface area contributed by atoms with Gasteiger partial charge in [0.1, 0.15) is 23.7 Å². The lowest BCUT2D eigenvalue weighted by atomic mass is 10.00. The van der Waals surface area contributed by atoms with Crippen LogP contribution in [0.2, 0.25) is 0 Å². The third-order valence-corrected chi connectivity index (χ3v) is 5.71. The molecule has 26 heavy (non-hydrogen) atoms. The molecule has 1 saturated heterocycles. The Labute approximate surface area is 159 Å². The first-order valence-corrected chi connectivity index (χ1v) is 9.69. The van der Waals surface area contributed by atoms with E-state index < -0.39 is 0 Å². The van der Waals surface area contributed by atoms with Crippen molar-refractivity contribution in [3.8, 4) is 0 Å². The van der Waals surface area contributed by atoms with E-state index in [4.69, 9.17) is 18.9 Å². The van der Waals surface area contributed by atoms with Gasteiger partial charge in [0.2, 0.25) is 0 Å². The minimum atomic E-state index is -0.220. The van der Waals surface area contributed by atoms with Gasteiger partial charge < -0.3 is 18.9 Å². The Morgan fingerprint density at radius 3 is 2.08 bits per heavy atom. The molecule has 0 bridgehead atoms. The van der Waals surface area contributed by atoms with Gasteiger partial charge in [-0.05, 0) is 24.6 Å². The molecule has 3 rings (SSSR count). The standard InChI is InChI=1S/C21H26O4S/c1-15-18(24-14-16-10-6-4-7-11-16)19(22-2)20(23-3)21(25-15)26-17-12-8-5-9-13-17/h4-13,15,18-21H,14H2,1-3H3/t15-,18+,19+,20+,21+/m1/s1. The molecule has 1 aliphatic rings. The first kappa shape index (κ1) is 19.4. The highest BCUT2D eigenvalue weighted by molar-refractivity contribution is 7.99. The molecule has 1 fully saturated rings. The minimum Gasteiger partial charge on any atom is -0.376 e. The van der Waals surface area contributed by atoms with E-state index >= 15 is 0 Å². The largest absolute Gasteiger partial charge is 0.376 e. The second-order valence-corrected chi connectivity index (χ2v) is 7.47. The topological polar surface area (TPSA) is 36.9 Å². The Bertz CT molecular complexity index is 650. The zero-order chi connectivity index (χ0) is 18.4.